The highest BCUT2D eigenvalue weighted by atomic mass is 16.7. The van der Waals surface area contributed by atoms with Crippen LogP contribution in [0.25, 0.3) is 0 Å². The molecule has 15 nitrogen and oxygen atoms in total. The number of nitro groups is 1. The highest BCUT2D eigenvalue weighted by Gasteiger charge is 2.68. The van der Waals surface area contributed by atoms with Crippen molar-refractivity contribution in [3.05, 3.63) is 10.1 Å². The van der Waals surface area contributed by atoms with Gasteiger partial charge in [0.1, 0.15) is 6.04 Å². The number of carbonyl (C=O) groups is 3. The van der Waals surface area contributed by atoms with Gasteiger partial charge < -0.3 is 25.3 Å². The molecule has 1 heterocycles. The Kier molecular flexibility index (Phi) is 17.5. The van der Waals surface area contributed by atoms with E-state index in [1.165, 1.54) is 5.06 Å². The number of amides is 3. The number of carbonyl (C=O) groups excluding carboxylic acids is 3. The van der Waals surface area contributed by atoms with Crippen molar-refractivity contribution >= 4 is 31.3 Å². The fourth-order valence-corrected chi connectivity index (χ4v) is 8.55. The second kappa shape index (κ2) is 20.8. The summed E-state index contributed by atoms with van der Waals surface area (Å²) >= 11 is 0. The van der Waals surface area contributed by atoms with Crippen LogP contribution < -0.4 is 21.4 Å². The number of hydrogen-bond acceptors (Lipinski definition) is 9. The lowest BCUT2D eigenvalue weighted by atomic mass is 9.43. The minimum Gasteiger partial charge on any atom is -0.404 e. The van der Waals surface area contributed by atoms with Crippen molar-refractivity contribution < 1.29 is 33.6 Å². The number of unbranched alkanes of at least 4 members (excludes halogenated alkanes) is 8. The molecule has 4 rings (SSSR count). The third kappa shape index (κ3) is 14.0. The van der Waals surface area contributed by atoms with Crippen LogP contribution in [0.15, 0.2) is 0 Å². The number of hydroxylamine groups is 2. The van der Waals surface area contributed by atoms with E-state index >= 15 is 0 Å². The van der Waals surface area contributed by atoms with Crippen molar-refractivity contribution in [3.63, 3.8) is 0 Å². The molecule has 0 radical (unpaired) electrons. The summed E-state index contributed by atoms with van der Waals surface area (Å²) in [5, 5.41) is 27.6. The molecular formula is C38H70BN7O8. The van der Waals surface area contributed by atoms with Gasteiger partial charge in [-0.05, 0) is 95.8 Å². The number of hydrazine groups is 1. The fourth-order valence-electron chi connectivity index (χ4n) is 8.55. The summed E-state index contributed by atoms with van der Waals surface area (Å²) < 4.78 is 13.3. The first-order chi connectivity index (χ1) is 25.4. The quantitative estimate of drug-likeness (QED) is 0.0152. The molecule has 1 aliphatic heterocycles. The van der Waals surface area contributed by atoms with E-state index in [1.807, 2.05) is 20.8 Å². The summed E-state index contributed by atoms with van der Waals surface area (Å²) in [7, 11) is -0.589. The number of nitrogens with zero attached hydrogens (tertiary/aromatic N) is 2. The molecule has 16 heteroatoms. The molecular weight excluding hydrogens is 693 g/mol. The second-order valence-electron chi connectivity index (χ2n) is 17.9. The lowest BCUT2D eigenvalue weighted by Gasteiger charge is -2.64. The zero-order chi connectivity index (χ0) is 40.1. The standard InChI is InChI=1S/C38H70BN7O8/c1-27(2)23-32(39-52-31-25-28-24-30(37(28,6)7)38(31,8)53-39)43-34(49)29(19-18-21-41-35(40)44-46(50)51)42-33(48)20-16-14-12-10-9-11-13-15-17-22-45(26-47)54-36(3,4)5/h26-32H,9-25H2,1-8H3,(H,42,48)(H,43,49)(H3,40,41,44)/t28-,29-,30-,31+,32-,38-/m0/s1. The van der Waals surface area contributed by atoms with E-state index in [-0.39, 0.29) is 42.2 Å². The normalized spacial score (nSPS) is 23.8. The van der Waals surface area contributed by atoms with E-state index in [0.29, 0.717) is 37.6 Å². The first kappa shape index (κ1) is 45.4. The molecule has 0 spiro atoms. The van der Waals surface area contributed by atoms with Gasteiger partial charge in [0.15, 0.2) is 5.03 Å². The summed E-state index contributed by atoms with van der Waals surface area (Å²) in [6, 6.07) is -0.823. The molecule has 5 N–H and O–H groups in total. The zero-order valence-corrected chi connectivity index (χ0v) is 34.3. The smallest absolute Gasteiger partial charge is 0.404 e. The van der Waals surface area contributed by atoms with Gasteiger partial charge in [0.05, 0.1) is 23.2 Å². The van der Waals surface area contributed by atoms with Crippen molar-refractivity contribution in [2.45, 2.75) is 181 Å². The number of nitrogens with one attached hydrogen (secondary N) is 5. The molecule has 1 saturated heterocycles. The Morgan fingerprint density at radius 2 is 1.65 bits per heavy atom. The average Bonchev–Trinajstić information content (AvgIpc) is 3.43. The maximum absolute atomic E-state index is 13.9. The van der Waals surface area contributed by atoms with Crippen molar-refractivity contribution in [2.75, 3.05) is 13.1 Å². The van der Waals surface area contributed by atoms with Crippen LogP contribution in [0.4, 0.5) is 0 Å². The van der Waals surface area contributed by atoms with E-state index in [9.17, 15) is 24.5 Å². The SMILES string of the molecule is CC(C)C[C@H](NC(=O)[C@H](CCCNC(=N)N[N+](=O)[O-])NC(=O)CCCCCCCCCCCN(C=O)OC(C)(C)C)B1O[C@@H]2C[C@@H]3C[C@@H](C3(C)C)[C@]2(C)O1. The molecule has 3 saturated carbocycles. The van der Waals surface area contributed by atoms with Gasteiger partial charge in [-0.3, -0.25) is 24.6 Å². The first-order valence-electron chi connectivity index (χ1n) is 20.4. The van der Waals surface area contributed by atoms with E-state index in [2.05, 4.69) is 50.6 Å². The zero-order valence-electron chi connectivity index (χ0n) is 34.3. The molecule has 4 fully saturated rings. The molecule has 0 aromatic carbocycles. The predicted octanol–water partition coefficient (Wildman–Crippen LogP) is 5.44. The van der Waals surface area contributed by atoms with Crippen LogP contribution in [-0.2, 0) is 28.5 Å². The van der Waals surface area contributed by atoms with Crippen LogP contribution in [0.2, 0.25) is 0 Å². The van der Waals surface area contributed by atoms with Crippen LogP contribution >= 0.6 is 0 Å². The van der Waals surface area contributed by atoms with Gasteiger partial charge in [0.25, 0.3) is 5.96 Å². The third-order valence-corrected chi connectivity index (χ3v) is 11.5. The van der Waals surface area contributed by atoms with Gasteiger partial charge in [0, 0.05) is 19.5 Å². The van der Waals surface area contributed by atoms with Crippen LogP contribution in [-0.4, -0.2) is 83.8 Å². The summed E-state index contributed by atoms with van der Waals surface area (Å²) in [4.78, 5) is 54.5. The van der Waals surface area contributed by atoms with Gasteiger partial charge in [-0.25, -0.2) is 15.2 Å². The molecule has 2 bridgehead atoms. The van der Waals surface area contributed by atoms with Crippen molar-refractivity contribution in [2.24, 2.45) is 23.2 Å². The Bertz CT molecular complexity index is 1250. The number of rotatable bonds is 25. The maximum atomic E-state index is 13.9. The van der Waals surface area contributed by atoms with Crippen LogP contribution in [0.3, 0.4) is 0 Å². The monoisotopic (exact) mass is 764 g/mol. The number of hydrogen-bond donors (Lipinski definition) is 5. The summed E-state index contributed by atoms with van der Waals surface area (Å²) in [5.41, 5.74) is 1.15. The molecule has 3 amide bonds. The van der Waals surface area contributed by atoms with E-state index in [0.717, 1.165) is 77.0 Å². The summed E-state index contributed by atoms with van der Waals surface area (Å²) in [6.07, 6.45) is 13.5. The molecule has 0 aromatic heterocycles. The molecule has 6 atom stereocenters. The highest BCUT2D eigenvalue weighted by molar-refractivity contribution is 6.48. The van der Waals surface area contributed by atoms with Crippen LogP contribution in [0.5, 0.6) is 0 Å². The fraction of sp³-hybridized carbons (Fsp3) is 0.895. The van der Waals surface area contributed by atoms with Crippen molar-refractivity contribution in [3.8, 4) is 0 Å². The van der Waals surface area contributed by atoms with Crippen LogP contribution in [0.1, 0.15) is 152 Å². The van der Waals surface area contributed by atoms with E-state index < -0.39 is 41.3 Å². The average molecular weight is 764 g/mol. The molecule has 308 valence electrons. The summed E-state index contributed by atoms with van der Waals surface area (Å²) in [5.74, 6) is -0.0970. The Hall–Kier alpha value is -2.98. The topological polar surface area (TPSA) is 197 Å². The first-order valence-corrected chi connectivity index (χ1v) is 20.4. The number of guanidine groups is 1. The molecule has 54 heavy (non-hydrogen) atoms. The maximum Gasteiger partial charge on any atom is 0.481 e. The largest absolute Gasteiger partial charge is 0.481 e. The molecule has 3 aliphatic carbocycles. The Labute approximate surface area is 323 Å². The van der Waals surface area contributed by atoms with Gasteiger partial charge in [-0.2, -0.15) is 0 Å². The van der Waals surface area contributed by atoms with Gasteiger partial charge >= 0.3 is 7.12 Å². The molecule has 0 aromatic rings. The minimum absolute atomic E-state index is 0.0184. The highest BCUT2D eigenvalue weighted by Crippen LogP contribution is 2.65. The van der Waals surface area contributed by atoms with Gasteiger partial charge in [-0.15, -0.1) is 0 Å². The molecule has 0 unspecified atom stereocenters. The van der Waals surface area contributed by atoms with Crippen LogP contribution in [0, 0.1) is 38.7 Å². The van der Waals surface area contributed by atoms with E-state index in [1.54, 1.807) is 5.43 Å². The van der Waals surface area contributed by atoms with Crippen molar-refractivity contribution in [1.82, 2.24) is 26.4 Å². The lowest BCUT2D eigenvalue weighted by molar-refractivity contribution is -0.525. The Balaban J connectivity index is 1.45. The predicted molar refractivity (Wildman–Crippen MR) is 208 cm³/mol. The Morgan fingerprint density at radius 1 is 1.02 bits per heavy atom. The summed E-state index contributed by atoms with van der Waals surface area (Å²) in [6.45, 7) is 17.5. The van der Waals surface area contributed by atoms with Gasteiger partial charge in [0.2, 0.25) is 18.2 Å². The Morgan fingerprint density at radius 3 is 2.22 bits per heavy atom. The van der Waals surface area contributed by atoms with Gasteiger partial charge in [-0.1, -0.05) is 78.1 Å². The van der Waals surface area contributed by atoms with Crippen molar-refractivity contribution in [1.29, 1.82) is 5.41 Å². The minimum atomic E-state index is -0.823. The molecule has 4 aliphatic rings. The third-order valence-electron chi connectivity index (χ3n) is 11.5. The second-order valence-corrected chi connectivity index (χ2v) is 17.9. The van der Waals surface area contributed by atoms with E-state index in [4.69, 9.17) is 19.6 Å². The lowest BCUT2D eigenvalue weighted by Crippen LogP contribution is -2.65.